The van der Waals surface area contributed by atoms with Crippen molar-refractivity contribution in [2.45, 2.75) is 45.0 Å². The number of alkyl halides is 1. The molecule has 0 aromatic rings. The Labute approximate surface area is 95.9 Å². The molecule has 0 aromatic heterocycles. The second-order valence-corrected chi connectivity index (χ2v) is 6.28. The summed E-state index contributed by atoms with van der Waals surface area (Å²) in [5, 5.41) is 0. The minimum Gasteiger partial charge on any atom is -0.195 e. The molecule has 1 atom stereocenters. The fourth-order valence-corrected chi connectivity index (χ4v) is 2.95. The molecule has 0 fully saturated rings. The molecule has 0 aliphatic carbocycles. The van der Waals surface area contributed by atoms with Crippen molar-refractivity contribution in [2.24, 2.45) is 0 Å². The molecule has 3 nitrogen and oxygen atoms in total. The average Bonchev–Trinajstić information content (AvgIpc) is 2.01. The molecule has 0 heterocycles. The summed E-state index contributed by atoms with van der Waals surface area (Å²) in [6.45, 7) is 4.10. The van der Waals surface area contributed by atoms with Crippen LogP contribution in [-0.4, -0.2) is 24.8 Å². The van der Waals surface area contributed by atoms with Crippen molar-refractivity contribution in [3.8, 4) is 0 Å². The maximum atomic E-state index is 11.0. The first-order valence-corrected chi connectivity index (χ1v) is 7.45. The Balaban J connectivity index is 4.01. The van der Waals surface area contributed by atoms with Gasteiger partial charge in [-0.1, -0.05) is 26.2 Å². The maximum Gasteiger partial charge on any atom is 0.301 e. The van der Waals surface area contributed by atoms with E-state index in [1.807, 2.05) is 0 Å². The van der Waals surface area contributed by atoms with Crippen LogP contribution in [0.5, 0.6) is 0 Å². The fourth-order valence-electron chi connectivity index (χ4n) is 1.15. The first-order valence-electron chi connectivity index (χ1n) is 4.75. The molecule has 6 heteroatoms. The summed E-state index contributed by atoms with van der Waals surface area (Å²) in [7, 11) is 1.54. The summed E-state index contributed by atoms with van der Waals surface area (Å²) in [6.07, 6.45) is 4.02. The molecule has 0 saturated heterocycles. The highest BCUT2D eigenvalue weighted by molar-refractivity contribution is 8.11. The number of nitrogens with zero attached hydrogens (tertiary/aromatic N) is 1. The highest BCUT2D eigenvalue weighted by Crippen LogP contribution is 2.15. The summed E-state index contributed by atoms with van der Waals surface area (Å²) in [4.78, 5) is 0. The molecule has 14 heavy (non-hydrogen) atoms. The van der Waals surface area contributed by atoms with E-state index < -0.39 is 14.7 Å². The van der Waals surface area contributed by atoms with E-state index in [0.29, 0.717) is 6.54 Å². The van der Waals surface area contributed by atoms with Crippen molar-refractivity contribution in [1.82, 2.24) is 4.31 Å². The molecule has 0 bridgehead atoms. The number of hydrogen-bond acceptors (Lipinski definition) is 2. The van der Waals surface area contributed by atoms with Crippen LogP contribution in [0.15, 0.2) is 0 Å². The second kappa shape index (κ2) is 6.88. The van der Waals surface area contributed by atoms with Gasteiger partial charge in [0.25, 0.3) is 0 Å². The van der Waals surface area contributed by atoms with E-state index in [1.54, 1.807) is 6.92 Å². The molecule has 0 radical (unpaired) electrons. The zero-order valence-electron chi connectivity index (χ0n) is 8.54. The predicted molar refractivity (Wildman–Crippen MR) is 60.9 cm³/mol. The average molecular weight is 262 g/mol. The van der Waals surface area contributed by atoms with Crippen LogP contribution in [0.4, 0.5) is 0 Å². The molecule has 0 aromatic carbocycles. The lowest BCUT2D eigenvalue weighted by atomic mass is 10.2. The normalized spacial score (nSPS) is 14.6. The Kier molecular flexibility index (Phi) is 7.12. The van der Waals surface area contributed by atoms with E-state index in [4.69, 9.17) is 22.3 Å². The first kappa shape index (κ1) is 14.5. The summed E-state index contributed by atoms with van der Waals surface area (Å²) in [5.74, 6) is 0. The largest absolute Gasteiger partial charge is 0.301 e. The highest BCUT2D eigenvalue weighted by atomic mass is 35.7. The van der Waals surface area contributed by atoms with E-state index >= 15 is 0 Å². The molecule has 86 valence electrons. The molecule has 0 rings (SSSR count). The Morgan fingerprint density at radius 1 is 1.29 bits per heavy atom. The van der Waals surface area contributed by atoms with Crippen LogP contribution in [0.25, 0.3) is 0 Å². The van der Waals surface area contributed by atoms with Gasteiger partial charge in [-0.25, -0.2) is 0 Å². The zero-order valence-corrected chi connectivity index (χ0v) is 10.9. The van der Waals surface area contributed by atoms with Gasteiger partial charge in [0.15, 0.2) is 0 Å². The maximum absolute atomic E-state index is 11.0. The number of halogens is 2. The quantitative estimate of drug-likeness (QED) is 0.306. The topological polar surface area (TPSA) is 37.4 Å². The van der Waals surface area contributed by atoms with Gasteiger partial charge >= 0.3 is 9.24 Å². The lowest BCUT2D eigenvalue weighted by Gasteiger charge is -2.20. The van der Waals surface area contributed by atoms with Gasteiger partial charge in [-0.05, 0) is 13.3 Å². The third-order valence-electron chi connectivity index (χ3n) is 1.91. The summed E-state index contributed by atoms with van der Waals surface area (Å²) < 4.78 is 23.2. The Morgan fingerprint density at radius 2 is 1.86 bits per heavy atom. The van der Waals surface area contributed by atoms with Crippen LogP contribution in [-0.2, 0) is 9.24 Å². The van der Waals surface area contributed by atoms with Crippen LogP contribution < -0.4 is 0 Å². The molecular formula is C8H17Cl2NO2S. The highest BCUT2D eigenvalue weighted by Gasteiger charge is 2.22. The van der Waals surface area contributed by atoms with E-state index in [2.05, 4.69) is 6.92 Å². The minimum atomic E-state index is -3.68. The van der Waals surface area contributed by atoms with Gasteiger partial charge in [-0.3, -0.25) is 0 Å². The summed E-state index contributed by atoms with van der Waals surface area (Å²) in [6, 6.07) is 0. The second-order valence-electron chi connectivity index (χ2n) is 3.19. The standard InChI is InChI=1S/C8H17Cl2NO2S/c1-3-4-5-6-7-11(8(2)9)14(10,12)13/h8H,3-7H2,1-2H3. The fraction of sp³-hybridized carbons (Fsp3) is 1.00. The molecule has 0 saturated carbocycles. The molecule has 0 amide bonds. The van der Waals surface area contributed by atoms with Crippen LogP contribution >= 0.6 is 22.3 Å². The molecule has 0 spiro atoms. The van der Waals surface area contributed by atoms with Crippen molar-refractivity contribution in [2.75, 3.05) is 6.54 Å². The van der Waals surface area contributed by atoms with Crippen LogP contribution in [0, 0.1) is 0 Å². The number of unbranched alkanes of at least 4 members (excludes halogenated alkanes) is 3. The van der Waals surface area contributed by atoms with Gasteiger partial charge in [-0.2, -0.15) is 12.7 Å². The van der Waals surface area contributed by atoms with Gasteiger partial charge < -0.3 is 0 Å². The number of rotatable bonds is 7. The van der Waals surface area contributed by atoms with Gasteiger partial charge in [-0.15, -0.1) is 11.6 Å². The van der Waals surface area contributed by atoms with Crippen molar-refractivity contribution in [3.63, 3.8) is 0 Å². The van der Waals surface area contributed by atoms with Crippen molar-refractivity contribution in [1.29, 1.82) is 0 Å². The van der Waals surface area contributed by atoms with Gasteiger partial charge in [0, 0.05) is 17.2 Å². The van der Waals surface area contributed by atoms with Crippen molar-refractivity contribution < 1.29 is 8.42 Å². The van der Waals surface area contributed by atoms with E-state index in [0.717, 1.165) is 30.0 Å². The van der Waals surface area contributed by atoms with Crippen molar-refractivity contribution in [3.05, 3.63) is 0 Å². The monoisotopic (exact) mass is 261 g/mol. The Hall–Kier alpha value is 0.490. The number of hydrogen-bond donors (Lipinski definition) is 0. The zero-order chi connectivity index (χ0) is 11.2. The third kappa shape index (κ3) is 6.06. The molecule has 0 aliphatic heterocycles. The lowest BCUT2D eigenvalue weighted by molar-refractivity contribution is 0.397. The third-order valence-corrected chi connectivity index (χ3v) is 3.85. The van der Waals surface area contributed by atoms with Gasteiger partial charge in [0.1, 0.15) is 0 Å². The van der Waals surface area contributed by atoms with E-state index in [1.165, 1.54) is 0 Å². The Morgan fingerprint density at radius 3 is 2.21 bits per heavy atom. The van der Waals surface area contributed by atoms with Crippen molar-refractivity contribution >= 4 is 31.5 Å². The van der Waals surface area contributed by atoms with E-state index in [9.17, 15) is 8.42 Å². The molecule has 0 N–H and O–H groups in total. The molecule has 0 aliphatic rings. The van der Waals surface area contributed by atoms with Gasteiger partial charge in [0.2, 0.25) is 0 Å². The smallest absolute Gasteiger partial charge is 0.195 e. The Bertz CT molecular complexity index is 242. The summed E-state index contributed by atoms with van der Waals surface area (Å²) in [5.41, 5.74) is -0.584. The lowest BCUT2D eigenvalue weighted by Crippen LogP contribution is -2.33. The summed E-state index contributed by atoms with van der Waals surface area (Å²) >= 11 is 5.70. The SMILES string of the molecule is CCCCCCN(C(C)Cl)S(=O)(=O)Cl. The predicted octanol–water partition coefficient (Wildman–Crippen LogP) is 2.94. The van der Waals surface area contributed by atoms with E-state index in [-0.39, 0.29) is 0 Å². The first-order chi connectivity index (χ1) is 6.39. The van der Waals surface area contributed by atoms with Crippen LogP contribution in [0.3, 0.4) is 0 Å². The van der Waals surface area contributed by atoms with Crippen LogP contribution in [0.1, 0.15) is 39.5 Å². The minimum absolute atomic E-state index is 0.399. The van der Waals surface area contributed by atoms with Gasteiger partial charge in [0.05, 0.1) is 5.50 Å². The molecular weight excluding hydrogens is 245 g/mol. The molecule has 1 unspecified atom stereocenters. The van der Waals surface area contributed by atoms with Crippen LogP contribution in [0.2, 0.25) is 0 Å².